The summed E-state index contributed by atoms with van der Waals surface area (Å²) in [6.45, 7) is 3.08. The fourth-order valence-corrected chi connectivity index (χ4v) is 2.40. The van der Waals surface area contributed by atoms with E-state index in [2.05, 4.69) is 10.3 Å². The average molecular weight is 297 g/mol. The highest BCUT2D eigenvalue weighted by Gasteiger charge is 2.15. The van der Waals surface area contributed by atoms with E-state index in [0.717, 1.165) is 16.7 Å². The Morgan fingerprint density at radius 2 is 1.91 bits per heavy atom. The number of aromatic nitrogens is 1. The second-order valence-electron chi connectivity index (χ2n) is 5.20. The number of carbonyl (C=O) groups is 1. The summed E-state index contributed by atoms with van der Waals surface area (Å²) >= 11 is 0. The van der Waals surface area contributed by atoms with E-state index in [9.17, 15) is 4.79 Å². The number of hydrogen-bond donors (Lipinski definition) is 1. The molecular weight excluding hydrogens is 278 g/mol. The van der Waals surface area contributed by atoms with Crippen LogP contribution in [0, 0.1) is 0 Å². The fourth-order valence-electron chi connectivity index (χ4n) is 2.40. The van der Waals surface area contributed by atoms with Gasteiger partial charge in [0, 0.05) is 32.0 Å². The van der Waals surface area contributed by atoms with Crippen LogP contribution in [0.5, 0.6) is 0 Å². The first-order chi connectivity index (χ1) is 10.8. The summed E-state index contributed by atoms with van der Waals surface area (Å²) in [4.78, 5) is 17.9. The highest BCUT2D eigenvalue weighted by Crippen LogP contribution is 2.18. The Kier molecular flexibility index (Phi) is 4.65. The van der Waals surface area contributed by atoms with Crippen molar-refractivity contribution in [3.63, 3.8) is 0 Å². The molecule has 22 heavy (non-hydrogen) atoms. The first kappa shape index (κ1) is 14.5. The number of nitrogens with zero attached hydrogens (tertiary/aromatic N) is 2. The van der Waals surface area contributed by atoms with Gasteiger partial charge in [0.1, 0.15) is 0 Å². The largest absolute Gasteiger partial charge is 0.378 e. The lowest BCUT2D eigenvalue weighted by atomic mass is 10.1. The minimum atomic E-state index is -0.0281. The highest BCUT2D eigenvalue weighted by atomic mass is 16.5. The molecule has 1 aliphatic heterocycles. The van der Waals surface area contributed by atoms with Crippen LogP contribution in [0.25, 0.3) is 11.1 Å². The number of ether oxygens (including phenoxy) is 1. The van der Waals surface area contributed by atoms with Crippen LogP contribution in [0.2, 0.25) is 0 Å². The zero-order chi connectivity index (χ0) is 15.2. The van der Waals surface area contributed by atoms with Crippen molar-refractivity contribution >= 4 is 6.03 Å². The van der Waals surface area contributed by atoms with Crippen LogP contribution in [-0.2, 0) is 11.3 Å². The summed E-state index contributed by atoms with van der Waals surface area (Å²) in [5.41, 5.74) is 3.29. The van der Waals surface area contributed by atoms with E-state index >= 15 is 0 Å². The lowest BCUT2D eigenvalue weighted by Crippen LogP contribution is -2.45. The Labute approximate surface area is 129 Å². The van der Waals surface area contributed by atoms with Crippen molar-refractivity contribution in [2.75, 3.05) is 26.3 Å². The molecule has 0 saturated carbocycles. The summed E-state index contributed by atoms with van der Waals surface area (Å²) in [7, 11) is 0. The topological polar surface area (TPSA) is 54.5 Å². The van der Waals surface area contributed by atoms with Crippen molar-refractivity contribution in [2.24, 2.45) is 0 Å². The molecule has 0 atom stereocenters. The molecule has 0 aliphatic carbocycles. The van der Waals surface area contributed by atoms with Crippen molar-refractivity contribution in [1.29, 1.82) is 0 Å². The Morgan fingerprint density at radius 3 is 2.59 bits per heavy atom. The molecule has 5 heteroatoms. The van der Waals surface area contributed by atoms with E-state index in [1.165, 1.54) is 0 Å². The molecule has 1 aliphatic rings. The van der Waals surface area contributed by atoms with Gasteiger partial charge in [-0.05, 0) is 22.8 Å². The summed E-state index contributed by atoms with van der Waals surface area (Å²) in [5, 5.41) is 2.95. The quantitative estimate of drug-likeness (QED) is 0.945. The van der Waals surface area contributed by atoms with Crippen LogP contribution in [0.4, 0.5) is 4.79 Å². The van der Waals surface area contributed by atoms with Gasteiger partial charge in [-0.2, -0.15) is 0 Å². The van der Waals surface area contributed by atoms with E-state index < -0.39 is 0 Å². The smallest absolute Gasteiger partial charge is 0.317 e. The van der Waals surface area contributed by atoms with Gasteiger partial charge in [-0.1, -0.05) is 30.3 Å². The van der Waals surface area contributed by atoms with E-state index in [4.69, 9.17) is 4.74 Å². The molecule has 5 nitrogen and oxygen atoms in total. The third-order valence-electron chi connectivity index (χ3n) is 3.69. The molecule has 2 amide bonds. The van der Waals surface area contributed by atoms with Crippen LogP contribution >= 0.6 is 0 Å². The van der Waals surface area contributed by atoms with Gasteiger partial charge >= 0.3 is 6.03 Å². The van der Waals surface area contributed by atoms with Crippen molar-refractivity contribution in [3.8, 4) is 11.1 Å². The number of benzene rings is 1. The number of nitrogens with one attached hydrogen (secondary N) is 1. The number of morpholine rings is 1. The van der Waals surface area contributed by atoms with Crippen molar-refractivity contribution in [3.05, 3.63) is 54.4 Å². The van der Waals surface area contributed by atoms with Gasteiger partial charge in [0.25, 0.3) is 0 Å². The van der Waals surface area contributed by atoms with Crippen LogP contribution in [0.15, 0.2) is 48.8 Å². The number of urea groups is 1. The Hall–Kier alpha value is -2.40. The molecular formula is C17H19N3O2. The lowest BCUT2D eigenvalue weighted by molar-refractivity contribution is 0.0531. The zero-order valence-electron chi connectivity index (χ0n) is 12.4. The Balaban J connectivity index is 1.56. The maximum absolute atomic E-state index is 12.0. The maximum Gasteiger partial charge on any atom is 0.317 e. The van der Waals surface area contributed by atoms with E-state index in [1.807, 2.05) is 42.6 Å². The van der Waals surface area contributed by atoms with Crippen molar-refractivity contribution in [1.82, 2.24) is 15.2 Å². The predicted octanol–water partition coefficient (Wildman–Crippen LogP) is 2.29. The molecule has 2 heterocycles. The van der Waals surface area contributed by atoms with Crippen LogP contribution in [0.1, 0.15) is 5.56 Å². The van der Waals surface area contributed by atoms with Gasteiger partial charge in [0.2, 0.25) is 0 Å². The van der Waals surface area contributed by atoms with Crippen LogP contribution in [-0.4, -0.2) is 42.2 Å². The number of hydrogen-bond acceptors (Lipinski definition) is 3. The SMILES string of the molecule is O=C(NCc1ccc(-c2cccnc2)cc1)N1CCOCC1. The van der Waals surface area contributed by atoms with E-state index in [1.54, 1.807) is 11.1 Å². The first-order valence-corrected chi connectivity index (χ1v) is 7.43. The molecule has 0 unspecified atom stereocenters. The summed E-state index contributed by atoms with van der Waals surface area (Å²) < 4.78 is 5.24. The second kappa shape index (κ2) is 7.04. The standard InChI is InChI=1S/C17H19N3O2/c21-17(20-8-10-22-11-9-20)19-12-14-3-5-15(6-4-14)16-2-1-7-18-13-16/h1-7,13H,8-12H2,(H,19,21). The number of carbonyl (C=O) groups excluding carboxylic acids is 1. The van der Waals surface area contributed by atoms with E-state index in [0.29, 0.717) is 32.8 Å². The van der Waals surface area contributed by atoms with Crippen LogP contribution < -0.4 is 5.32 Å². The number of amides is 2. The maximum atomic E-state index is 12.0. The molecule has 114 valence electrons. The van der Waals surface area contributed by atoms with Crippen molar-refractivity contribution in [2.45, 2.75) is 6.54 Å². The highest BCUT2D eigenvalue weighted by molar-refractivity contribution is 5.74. The molecule has 1 aromatic heterocycles. The number of pyridine rings is 1. The molecule has 1 N–H and O–H groups in total. The lowest BCUT2D eigenvalue weighted by Gasteiger charge is -2.26. The minimum absolute atomic E-state index is 0.0281. The normalized spacial score (nSPS) is 14.6. The third-order valence-corrected chi connectivity index (χ3v) is 3.69. The van der Waals surface area contributed by atoms with E-state index in [-0.39, 0.29) is 6.03 Å². The number of rotatable bonds is 3. The molecule has 1 fully saturated rings. The Bertz CT molecular complexity index is 608. The second-order valence-corrected chi connectivity index (χ2v) is 5.20. The minimum Gasteiger partial charge on any atom is -0.378 e. The summed E-state index contributed by atoms with van der Waals surface area (Å²) in [6, 6.07) is 12.1. The fraction of sp³-hybridized carbons (Fsp3) is 0.294. The Morgan fingerprint density at radius 1 is 1.14 bits per heavy atom. The average Bonchev–Trinajstić information content (AvgIpc) is 2.61. The molecule has 1 saturated heterocycles. The molecule has 2 aromatic rings. The zero-order valence-corrected chi connectivity index (χ0v) is 12.4. The predicted molar refractivity (Wildman–Crippen MR) is 84.3 cm³/mol. The molecule has 0 spiro atoms. The van der Waals surface area contributed by atoms with Gasteiger partial charge in [-0.25, -0.2) is 4.79 Å². The molecule has 3 rings (SSSR count). The van der Waals surface area contributed by atoms with Crippen LogP contribution in [0.3, 0.4) is 0 Å². The molecule has 0 radical (unpaired) electrons. The molecule has 0 bridgehead atoms. The first-order valence-electron chi connectivity index (χ1n) is 7.43. The van der Waals surface area contributed by atoms with Gasteiger partial charge < -0.3 is 15.0 Å². The van der Waals surface area contributed by atoms with Gasteiger partial charge in [-0.3, -0.25) is 4.98 Å². The summed E-state index contributed by atoms with van der Waals surface area (Å²) in [6.07, 6.45) is 3.61. The molecule has 1 aromatic carbocycles. The van der Waals surface area contributed by atoms with Gasteiger partial charge in [0.05, 0.1) is 13.2 Å². The monoisotopic (exact) mass is 297 g/mol. The summed E-state index contributed by atoms with van der Waals surface area (Å²) in [5.74, 6) is 0. The van der Waals surface area contributed by atoms with Gasteiger partial charge in [-0.15, -0.1) is 0 Å². The van der Waals surface area contributed by atoms with Gasteiger partial charge in [0.15, 0.2) is 0 Å². The van der Waals surface area contributed by atoms with Crippen molar-refractivity contribution < 1.29 is 9.53 Å². The third kappa shape index (κ3) is 3.62.